The van der Waals surface area contributed by atoms with Crippen LogP contribution in [-0.2, 0) is 4.74 Å². The Morgan fingerprint density at radius 1 is 1.23 bits per heavy atom. The number of nitrogens with zero attached hydrogens (tertiary/aromatic N) is 2. The topological polar surface area (TPSA) is 48.9 Å². The van der Waals surface area contributed by atoms with Crippen LogP contribution in [0.15, 0.2) is 4.99 Å². The van der Waals surface area contributed by atoms with Crippen LogP contribution in [0.5, 0.6) is 0 Å². The van der Waals surface area contributed by atoms with Crippen LogP contribution in [0.25, 0.3) is 0 Å². The van der Waals surface area contributed by atoms with Crippen molar-refractivity contribution in [1.82, 2.24) is 15.5 Å². The molecule has 2 fully saturated rings. The smallest absolute Gasteiger partial charge is 0.191 e. The zero-order valence-corrected chi connectivity index (χ0v) is 16.6. The zero-order chi connectivity index (χ0) is 15.1. The summed E-state index contributed by atoms with van der Waals surface area (Å²) in [6.45, 7) is 11.7. The second-order valence-corrected chi connectivity index (χ2v) is 6.00. The van der Waals surface area contributed by atoms with Gasteiger partial charge in [0, 0.05) is 13.1 Å². The lowest BCUT2D eigenvalue weighted by Crippen LogP contribution is -2.47. The number of nitrogens with one attached hydrogen (secondary N) is 2. The van der Waals surface area contributed by atoms with Gasteiger partial charge in [0.25, 0.3) is 0 Å². The number of aliphatic imine (C=N–C) groups is 1. The van der Waals surface area contributed by atoms with E-state index in [0.29, 0.717) is 18.2 Å². The molecule has 2 rings (SSSR count). The van der Waals surface area contributed by atoms with Crippen LogP contribution in [0.1, 0.15) is 46.5 Å². The van der Waals surface area contributed by atoms with Crippen molar-refractivity contribution >= 4 is 29.9 Å². The minimum atomic E-state index is 0. The van der Waals surface area contributed by atoms with Gasteiger partial charge < -0.3 is 20.3 Å². The lowest BCUT2D eigenvalue weighted by Gasteiger charge is -2.23. The predicted octanol–water partition coefficient (Wildman–Crippen LogP) is 2.21. The monoisotopic (exact) mass is 424 g/mol. The summed E-state index contributed by atoms with van der Waals surface area (Å²) in [4.78, 5) is 7.16. The standard InChI is InChI=1S/C16H32N4O.HI/c1-4-17-16(18-10-7-11-20(5-2)6-3)19-14-12-13-8-9-15(14)21-13;/h13-15H,4-12H2,1-3H3,(H2,17,18,19);1H. The van der Waals surface area contributed by atoms with Gasteiger partial charge in [-0.15, -0.1) is 24.0 Å². The van der Waals surface area contributed by atoms with Gasteiger partial charge >= 0.3 is 0 Å². The molecule has 2 N–H and O–H groups in total. The molecule has 0 aromatic heterocycles. The molecule has 0 aromatic carbocycles. The third-order valence-electron chi connectivity index (χ3n) is 4.57. The largest absolute Gasteiger partial charge is 0.373 e. The van der Waals surface area contributed by atoms with E-state index in [1.807, 2.05) is 0 Å². The molecule has 5 nitrogen and oxygen atoms in total. The van der Waals surface area contributed by atoms with Crippen molar-refractivity contribution in [2.45, 2.75) is 64.7 Å². The average molecular weight is 424 g/mol. The molecule has 3 unspecified atom stereocenters. The second-order valence-electron chi connectivity index (χ2n) is 6.00. The molecular weight excluding hydrogens is 391 g/mol. The van der Waals surface area contributed by atoms with Crippen LogP contribution in [0.2, 0.25) is 0 Å². The normalized spacial score (nSPS) is 27.1. The summed E-state index contributed by atoms with van der Waals surface area (Å²) in [5.41, 5.74) is 0. The predicted molar refractivity (Wildman–Crippen MR) is 103 cm³/mol. The van der Waals surface area contributed by atoms with Gasteiger partial charge in [-0.25, -0.2) is 0 Å². The molecule has 0 radical (unpaired) electrons. The van der Waals surface area contributed by atoms with Gasteiger partial charge in [-0.3, -0.25) is 4.99 Å². The molecule has 0 amide bonds. The van der Waals surface area contributed by atoms with Crippen molar-refractivity contribution in [2.24, 2.45) is 4.99 Å². The summed E-state index contributed by atoms with van der Waals surface area (Å²) in [5.74, 6) is 0.957. The van der Waals surface area contributed by atoms with E-state index in [0.717, 1.165) is 51.5 Å². The number of hydrogen-bond acceptors (Lipinski definition) is 3. The highest BCUT2D eigenvalue weighted by molar-refractivity contribution is 14.0. The molecule has 22 heavy (non-hydrogen) atoms. The van der Waals surface area contributed by atoms with E-state index < -0.39 is 0 Å². The molecule has 2 aliphatic rings. The zero-order valence-electron chi connectivity index (χ0n) is 14.3. The quantitative estimate of drug-likeness (QED) is 0.272. The highest BCUT2D eigenvalue weighted by atomic mass is 127. The van der Waals surface area contributed by atoms with Crippen LogP contribution < -0.4 is 10.6 Å². The third kappa shape index (κ3) is 5.85. The van der Waals surface area contributed by atoms with Gasteiger partial charge in [-0.2, -0.15) is 0 Å². The third-order valence-corrected chi connectivity index (χ3v) is 4.57. The number of guanidine groups is 1. The summed E-state index contributed by atoms with van der Waals surface area (Å²) in [5, 5.41) is 6.92. The Bertz CT molecular complexity index is 336. The average Bonchev–Trinajstić information content (AvgIpc) is 3.10. The lowest BCUT2D eigenvalue weighted by molar-refractivity contribution is 0.0992. The van der Waals surface area contributed by atoms with Crippen LogP contribution in [-0.4, -0.2) is 61.8 Å². The highest BCUT2D eigenvalue weighted by Gasteiger charge is 2.41. The molecule has 0 saturated carbocycles. The van der Waals surface area contributed by atoms with Gasteiger partial charge in [0.2, 0.25) is 0 Å². The number of rotatable bonds is 8. The number of hydrogen-bond donors (Lipinski definition) is 2. The minimum Gasteiger partial charge on any atom is -0.373 e. The van der Waals surface area contributed by atoms with Gasteiger partial charge in [0.15, 0.2) is 5.96 Å². The first-order valence-electron chi connectivity index (χ1n) is 8.69. The Labute approximate surface area is 152 Å². The first-order chi connectivity index (χ1) is 10.3. The molecular formula is C16H33IN4O. The Kier molecular flexibility index (Phi) is 9.66. The fourth-order valence-electron chi connectivity index (χ4n) is 3.31. The van der Waals surface area contributed by atoms with E-state index in [-0.39, 0.29) is 24.0 Å². The van der Waals surface area contributed by atoms with Gasteiger partial charge in [0.05, 0.1) is 18.2 Å². The van der Waals surface area contributed by atoms with Crippen molar-refractivity contribution in [2.75, 3.05) is 32.7 Å². The molecule has 130 valence electrons. The maximum absolute atomic E-state index is 5.90. The summed E-state index contributed by atoms with van der Waals surface area (Å²) >= 11 is 0. The van der Waals surface area contributed by atoms with Gasteiger partial charge in [0.1, 0.15) is 0 Å². The molecule has 6 heteroatoms. The highest BCUT2D eigenvalue weighted by Crippen LogP contribution is 2.34. The fourth-order valence-corrected chi connectivity index (χ4v) is 3.31. The van der Waals surface area contributed by atoms with Crippen molar-refractivity contribution in [3.05, 3.63) is 0 Å². The van der Waals surface area contributed by atoms with Crippen LogP contribution in [0.3, 0.4) is 0 Å². The first-order valence-corrected chi connectivity index (χ1v) is 8.69. The Morgan fingerprint density at radius 2 is 2.00 bits per heavy atom. The Morgan fingerprint density at radius 3 is 2.55 bits per heavy atom. The Balaban J connectivity index is 0.00000242. The summed E-state index contributed by atoms with van der Waals surface area (Å²) in [7, 11) is 0. The number of fused-ring (bicyclic) bond motifs is 2. The van der Waals surface area contributed by atoms with Gasteiger partial charge in [-0.05, 0) is 52.2 Å². The van der Waals surface area contributed by atoms with E-state index >= 15 is 0 Å². The van der Waals surface area contributed by atoms with E-state index in [1.54, 1.807) is 0 Å². The molecule has 2 aliphatic heterocycles. The molecule has 0 aromatic rings. The van der Waals surface area contributed by atoms with E-state index in [9.17, 15) is 0 Å². The second kappa shape index (κ2) is 10.6. The maximum Gasteiger partial charge on any atom is 0.191 e. The fraction of sp³-hybridized carbons (Fsp3) is 0.938. The van der Waals surface area contributed by atoms with Crippen LogP contribution in [0, 0.1) is 0 Å². The summed E-state index contributed by atoms with van der Waals surface area (Å²) in [6.07, 6.45) is 5.57. The lowest BCUT2D eigenvalue weighted by atomic mass is 9.96. The van der Waals surface area contributed by atoms with Crippen LogP contribution in [0.4, 0.5) is 0 Å². The maximum atomic E-state index is 5.90. The summed E-state index contributed by atoms with van der Waals surface area (Å²) < 4.78 is 5.90. The number of halogens is 1. The van der Waals surface area contributed by atoms with Crippen LogP contribution >= 0.6 is 24.0 Å². The summed E-state index contributed by atoms with van der Waals surface area (Å²) in [6, 6.07) is 0.448. The van der Waals surface area contributed by atoms with Crippen molar-refractivity contribution in [1.29, 1.82) is 0 Å². The molecule has 3 atom stereocenters. The Hall–Kier alpha value is -0.0800. The molecule has 2 saturated heterocycles. The first kappa shape index (κ1) is 20.0. The van der Waals surface area contributed by atoms with Crippen molar-refractivity contribution < 1.29 is 4.74 Å². The van der Waals surface area contributed by atoms with E-state index in [2.05, 4.69) is 36.3 Å². The SMILES string of the molecule is CCNC(=NCCCN(CC)CC)NC1CC2CCC1O2.I. The van der Waals surface area contributed by atoms with E-state index in [4.69, 9.17) is 9.73 Å². The van der Waals surface area contributed by atoms with Crippen molar-refractivity contribution in [3.63, 3.8) is 0 Å². The molecule has 0 spiro atoms. The van der Waals surface area contributed by atoms with Gasteiger partial charge in [-0.1, -0.05) is 13.8 Å². The molecule has 2 bridgehead atoms. The van der Waals surface area contributed by atoms with Crippen molar-refractivity contribution in [3.8, 4) is 0 Å². The van der Waals surface area contributed by atoms with E-state index in [1.165, 1.54) is 12.8 Å². The molecule has 0 aliphatic carbocycles. The minimum absolute atomic E-state index is 0. The molecule has 2 heterocycles. The number of ether oxygens (including phenoxy) is 1.